The van der Waals surface area contributed by atoms with Crippen LogP contribution in [0.5, 0.6) is 0 Å². The molecule has 2 atom stereocenters. The van der Waals surface area contributed by atoms with Crippen LogP contribution in [-0.4, -0.2) is 85.8 Å². The molecule has 0 bridgehead atoms. The number of likely N-dealkylation sites (N-methyl/N-ethyl adjacent to an activating group) is 2. The van der Waals surface area contributed by atoms with Gasteiger partial charge in [0.25, 0.3) is 0 Å². The van der Waals surface area contributed by atoms with Crippen molar-refractivity contribution < 1.29 is 0 Å². The number of aromatic nitrogens is 2. The van der Waals surface area contributed by atoms with Gasteiger partial charge in [-0.2, -0.15) is 0 Å². The number of unbranched alkanes of at least 4 members (excludes halogenated alkanes) is 1. The molecule has 0 aliphatic carbocycles. The molecule has 5 rings (SSSR count). The normalized spacial score (nSPS) is 12.1. The maximum atomic E-state index is 5.24. The largest absolute Gasteiger partial charge is 0.381 e. The van der Waals surface area contributed by atoms with Crippen molar-refractivity contribution in [1.82, 2.24) is 35.3 Å². The predicted octanol–water partition coefficient (Wildman–Crippen LogP) is 13.3. The van der Waals surface area contributed by atoms with Gasteiger partial charge in [0.15, 0.2) is 0 Å². The van der Waals surface area contributed by atoms with E-state index in [0.29, 0.717) is 5.92 Å². The lowest BCUT2D eigenvalue weighted by Crippen LogP contribution is -2.42. The van der Waals surface area contributed by atoms with Crippen LogP contribution in [-0.2, 0) is 32.4 Å². The first-order valence-corrected chi connectivity index (χ1v) is 26.6. The molecule has 72 heavy (non-hydrogen) atoms. The maximum absolute atomic E-state index is 5.24. The molecule has 0 aliphatic rings. The van der Waals surface area contributed by atoms with Gasteiger partial charge in [-0.05, 0) is 162 Å². The summed E-state index contributed by atoms with van der Waals surface area (Å²) in [6, 6.07) is 27.0. The lowest BCUT2D eigenvalue weighted by Gasteiger charge is -2.32. The monoisotopic (exact) mass is 977 g/mol. The Balaban J connectivity index is 0.000000467. The average molecular weight is 978 g/mol. The van der Waals surface area contributed by atoms with Gasteiger partial charge in [-0.3, -0.25) is 4.98 Å². The summed E-state index contributed by atoms with van der Waals surface area (Å²) < 4.78 is 2.52. The summed E-state index contributed by atoms with van der Waals surface area (Å²) in [7, 11) is 8.24. The van der Waals surface area contributed by atoms with Gasteiger partial charge >= 0.3 is 0 Å². The topological polar surface area (TPSA) is 86.4 Å². The molecule has 0 saturated heterocycles. The van der Waals surface area contributed by atoms with Gasteiger partial charge < -0.3 is 36.1 Å². The van der Waals surface area contributed by atoms with Gasteiger partial charge in [0, 0.05) is 79.5 Å². The van der Waals surface area contributed by atoms with E-state index in [1.807, 2.05) is 38.5 Å². The first-order chi connectivity index (χ1) is 34.5. The highest BCUT2D eigenvalue weighted by atomic mass is 15.1. The average Bonchev–Trinajstić information content (AvgIpc) is 3.66. The second kappa shape index (κ2) is 31.8. The zero-order valence-electron chi connectivity index (χ0n) is 46.8. The Kier molecular flexibility index (Phi) is 26.9. The third kappa shape index (κ3) is 19.2. The number of benzene rings is 3. The van der Waals surface area contributed by atoms with Crippen molar-refractivity contribution in [3.05, 3.63) is 176 Å². The van der Waals surface area contributed by atoms with Gasteiger partial charge in [0.05, 0.1) is 11.7 Å². The van der Waals surface area contributed by atoms with Crippen LogP contribution < -0.4 is 21.7 Å². The van der Waals surface area contributed by atoms with Crippen LogP contribution in [0.4, 0.5) is 0 Å². The zero-order valence-corrected chi connectivity index (χ0v) is 46.8. The van der Waals surface area contributed by atoms with Crippen LogP contribution in [0.15, 0.2) is 148 Å². The van der Waals surface area contributed by atoms with E-state index >= 15 is 0 Å². The standard InChI is InChI=1S/C44H60N4.C15H22N2.C5H14N2/c1-13-17-21-44(9,10)28-39-38-27-35(18-19-41(38)48(16-4)43(39)40-29-45-22-20-34(40)14-2)36-24-31(7)23-33(25-36)26-37(15-3)46-32(8)42(30(5)6)47(11)12;1-4-12-17(3)14(2)10-11-16-13-15-8-6-5-7-9-15;1-7-5-3-2-4-6/h13,15,18-20,22-25,27,29-30,37,42,46H,1,3,8,14,16-17,21,26,28H2,2,4-7,9-12H3;4-9,16H,1-2,10-13H2,3H3;7H,2-6H2,1H3. The summed E-state index contributed by atoms with van der Waals surface area (Å²) >= 11 is 0. The number of allylic oxidation sites excluding steroid dienone is 1. The Labute approximate surface area is 438 Å². The molecule has 8 heteroatoms. The molecule has 2 heterocycles. The Morgan fingerprint density at radius 3 is 2.24 bits per heavy atom. The number of fused-ring (bicyclic) bond motifs is 1. The Hall–Kier alpha value is -5.51. The SMILES string of the molecule is C=CCCC(C)(C)Cc1c(-c2cnccc2CC)n(CC)c2ccc(-c3cc(C)cc(CC(C=C)NC(=C)C(C(C)C)N(C)C)c3)cc12.C=CCN(C)C(=C)CCNCc1ccccc1.CNCCCCN. The molecule has 2 aromatic heterocycles. The molecule has 0 spiro atoms. The number of nitrogens with zero attached hydrogens (tertiary/aromatic N) is 4. The molecule has 2 unspecified atom stereocenters. The van der Waals surface area contributed by atoms with Gasteiger partial charge in [0.2, 0.25) is 0 Å². The fourth-order valence-electron chi connectivity index (χ4n) is 9.67. The third-order valence-corrected chi connectivity index (χ3v) is 13.4. The Bertz CT molecular complexity index is 2410. The van der Waals surface area contributed by atoms with Crippen molar-refractivity contribution in [2.45, 2.75) is 125 Å². The molecule has 5 N–H and O–H groups in total. The van der Waals surface area contributed by atoms with Crippen molar-refractivity contribution in [3.8, 4) is 22.4 Å². The van der Waals surface area contributed by atoms with Crippen LogP contribution in [0.2, 0.25) is 0 Å². The van der Waals surface area contributed by atoms with E-state index in [2.05, 4.69) is 210 Å². The van der Waals surface area contributed by atoms with Crippen molar-refractivity contribution >= 4 is 10.9 Å². The summed E-state index contributed by atoms with van der Waals surface area (Å²) in [4.78, 5) is 8.98. The minimum Gasteiger partial charge on any atom is -0.381 e. The number of hydrogen-bond acceptors (Lipinski definition) is 7. The van der Waals surface area contributed by atoms with E-state index in [1.54, 1.807) is 0 Å². The second-order valence-electron chi connectivity index (χ2n) is 20.7. The quantitative estimate of drug-likeness (QED) is 0.0281. The second-order valence-corrected chi connectivity index (χ2v) is 20.7. The molecule has 0 radical (unpaired) electrons. The Morgan fingerprint density at radius 2 is 1.62 bits per heavy atom. The van der Waals surface area contributed by atoms with E-state index < -0.39 is 0 Å². The van der Waals surface area contributed by atoms with E-state index in [9.17, 15) is 0 Å². The highest BCUT2D eigenvalue weighted by Gasteiger charge is 2.27. The van der Waals surface area contributed by atoms with Crippen molar-refractivity contribution in [3.63, 3.8) is 0 Å². The smallest absolute Gasteiger partial charge is 0.0542 e. The first-order valence-electron chi connectivity index (χ1n) is 26.6. The number of rotatable bonds is 29. The number of hydrogen-bond donors (Lipinski definition) is 4. The maximum Gasteiger partial charge on any atom is 0.0542 e. The molecule has 0 saturated carbocycles. The molecule has 5 aromatic rings. The summed E-state index contributed by atoms with van der Waals surface area (Å²) in [5.74, 6) is 0.457. The molecule has 3 aromatic carbocycles. The minimum atomic E-state index is 0.0913. The predicted molar refractivity (Wildman–Crippen MR) is 317 cm³/mol. The van der Waals surface area contributed by atoms with Crippen molar-refractivity contribution in [1.29, 1.82) is 0 Å². The van der Waals surface area contributed by atoms with Crippen LogP contribution in [0.1, 0.15) is 101 Å². The van der Waals surface area contributed by atoms with E-state index in [0.717, 1.165) is 95.6 Å². The van der Waals surface area contributed by atoms with Gasteiger partial charge in [-0.25, -0.2) is 0 Å². The molecule has 392 valence electrons. The summed E-state index contributed by atoms with van der Waals surface area (Å²) in [5, 5.41) is 11.5. The molecule has 0 fully saturated rings. The number of aryl methyl sites for hydroxylation is 3. The fourth-order valence-corrected chi connectivity index (χ4v) is 9.67. The minimum absolute atomic E-state index is 0.0913. The summed E-state index contributed by atoms with van der Waals surface area (Å²) in [5.41, 5.74) is 20.6. The highest BCUT2D eigenvalue weighted by Crippen LogP contribution is 2.42. The highest BCUT2D eigenvalue weighted by molar-refractivity contribution is 5.95. The zero-order chi connectivity index (χ0) is 53.2. The Morgan fingerprint density at radius 1 is 0.889 bits per heavy atom. The van der Waals surface area contributed by atoms with Crippen LogP contribution in [0.3, 0.4) is 0 Å². The fraction of sp³-hybridized carbons (Fsp3) is 0.453. The van der Waals surface area contributed by atoms with Gasteiger partial charge in [-0.1, -0.05) is 126 Å². The molecular formula is C64H96N8. The van der Waals surface area contributed by atoms with Crippen molar-refractivity contribution in [2.75, 3.05) is 54.4 Å². The van der Waals surface area contributed by atoms with Crippen LogP contribution >= 0.6 is 0 Å². The lowest BCUT2D eigenvalue weighted by molar-refractivity contribution is 0.255. The van der Waals surface area contributed by atoms with Crippen molar-refractivity contribution in [2.24, 2.45) is 17.1 Å². The summed E-state index contributed by atoms with van der Waals surface area (Å²) in [6.45, 7) is 41.9. The first kappa shape index (κ1) is 60.8. The van der Waals surface area contributed by atoms with E-state index in [1.165, 1.54) is 67.5 Å². The molecule has 8 nitrogen and oxygen atoms in total. The molecule has 0 amide bonds. The number of nitrogens with two attached hydrogens (primary N) is 1. The summed E-state index contributed by atoms with van der Waals surface area (Å²) in [6.07, 6.45) is 18.2. The third-order valence-electron chi connectivity index (χ3n) is 13.4. The number of pyridine rings is 1. The van der Waals surface area contributed by atoms with E-state index in [-0.39, 0.29) is 17.5 Å². The lowest BCUT2D eigenvalue weighted by atomic mass is 9.80. The van der Waals surface area contributed by atoms with Gasteiger partial charge in [0.1, 0.15) is 0 Å². The van der Waals surface area contributed by atoms with Crippen LogP contribution in [0.25, 0.3) is 33.3 Å². The van der Waals surface area contributed by atoms with Crippen LogP contribution in [0, 0.1) is 18.3 Å². The van der Waals surface area contributed by atoms with E-state index in [4.69, 9.17) is 5.73 Å². The number of nitrogens with one attached hydrogen (secondary N) is 3. The molecular weight excluding hydrogens is 881 g/mol. The molecule has 0 aliphatic heterocycles. The van der Waals surface area contributed by atoms with Gasteiger partial charge in [-0.15, -0.1) is 19.7 Å².